The van der Waals surface area contributed by atoms with Crippen LogP contribution in [0.15, 0.2) is 5.51 Å². The molecule has 0 aromatic carbocycles. The van der Waals surface area contributed by atoms with Gasteiger partial charge < -0.3 is 5.32 Å². The van der Waals surface area contributed by atoms with Crippen molar-refractivity contribution in [3.8, 4) is 0 Å². The van der Waals surface area contributed by atoms with E-state index in [0.717, 1.165) is 0 Å². The fourth-order valence-corrected chi connectivity index (χ4v) is 3.09. The molecule has 0 saturated heterocycles. The van der Waals surface area contributed by atoms with E-state index in [1.54, 1.807) is 11.3 Å². The Kier molecular flexibility index (Phi) is 6.75. The van der Waals surface area contributed by atoms with Gasteiger partial charge in [-0.2, -0.15) is 0 Å². The van der Waals surface area contributed by atoms with E-state index in [1.165, 1.54) is 42.7 Å². The number of nitrogens with zero attached hydrogens (tertiary/aromatic N) is 1. The Morgan fingerprint density at radius 2 is 2.06 bits per heavy atom. The lowest BCUT2D eigenvalue weighted by Gasteiger charge is -2.22. The fraction of sp³-hybridized carbons (Fsp3) is 0.786. The molecule has 2 unspecified atom stereocenters. The van der Waals surface area contributed by atoms with Gasteiger partial charge in [-0.3, -0.25) is 0 Å². The molecular formula is C14H26N2S. The smallest absolute Gasteiger partial charge is 0.0798 e. The zero-order chi connectivity index (χ0) is 12.7. The molecule has 0 bridgehead atoms. The molecule has 0 aliphatic heterocycles. The van der Waals surface area contributed by atoms with Crippen molar-refractivity contribution in [2.24, 2.45) is 0 Å². The van der Waals surface area contributed by atoms with Crippen molar-refractivity contribution in [3.05, 3.63) is 16.1 Å². The van der Waals surface area contributed by atoms with Crippen molar-refractivity contribution < 1.29 is 0 Å². The second-order valence-electron chi connectivity index (χ2n) is 4.82. The molecule has 0 spiro atoms. The number of hydrogen-bond acceptors (Lipinski definition) is 3. The van der Waals surface area contributed by atoms with Crippen LogP contribution >= 0.6 is 11.3 Å². The molecule has 1 rings (SSSR count). The van der Waals surface area contributed by atoms with E-state index < -0.39 is 0 Å². The maximum atomic E-state index is 4.33. The highest BCUT2D eigenvalue weighted by Crippen LogP contribution is 2.22. The third kappa shape index (κ3) is 4.76. The van der Waals surface area contributed by atoms with Crippen molar-refractivity contribution in [2.75, 3.05) is 0 Å². The highest BCUT2D eigenvalue weighted by molar-refractivity contribution is 7.09. The van der Waals surface area contributed by atoms with Crippen molar-refractivity contribution in [1.29, 1.82) is 0 Å². The van der Waals surface area contributed by atoms with Gasteiger partial charge in [-0.05, 0) is 26.7 Å². The van der Waals surface area contributed by atoms with Crippen LogP contribution in [0.3, 0.4) is 0 Å². The van der Waals surface area contributed by atoms with Crippen molar-refractivity contribution in [1.82, 2.24) is 10.3 Å². The summed E-state index contributed by atoms with van der Waals surface area (Å²) in [6.07, 6.45) is 6.45. The van der Waals surface area contributed by atoms with Gasteiger partial charge in [0.1, 0.15) is 0 Å². The normalized spacial score (nSPS) is 14.8. The Labute approximate surface area is 110 Å². The minimum atomic E-state index is 0.441. The summed E-state index contributed by atoms with van der Waals surface area (Å²) in [5, 5.41) is 3.77. The molecule has 17 heavy (non-hydrogen) atoms. The number of thiazole rings is 1. The van der Waals surface area contributed by atoms with Crippen LogP contribution in [0.1, 0.15) is 69.5 Å². The molecule has 2 atom stereocenters. The van der Waals surface area contributed by atoms with Crippen molar-refractivity contribution in [2.45, 2.75) is 71.9 Å². The monoisotopic (exact) mass is 254 g/mol. The van der Waals surface area contributed by atoms with Gasteiger partial charge in [0, 0.05) is 17.0 Å². The maximum absolute atomic E-state index is 4.33. The number of unbranched alkanes of at least 4 members (excludes halogenated alkanes) is 1. The van der Waals surface area contributed by atoms with Crippen LogP contribution in [0.2, 0.25) is 0 Å². The first-order valence-electron chi connectivity index (χ1n) is 6.85. The quantitative estimate of drug-likeness (QED) is 0.741. The summed E-state index contributed by atoms with van der Waals surface area (Å²) in [4.78, 5) is 5.72. The number of aryl methyl sites for hydroxylation is 1. The molecule has 0 fully saturated rings. The Morgan fingerprint density at radius 1 is 1.29 bits per heavy atom. The Bertz CT molecular complexity index is 309. The summed E-state index contributed by atoms with van der Waals surface area (Å²) >= 11 is 1.77. The third-order valence-corrected chi connectivity index (χ3v) is 4.32. The predicted molar refractivity (Wildman–Crippen MR) is 76.6 cm³/mol. The molecule has 0 radical (unpaired) electrons. The molecule has 0 aliphatic carbocycles. The van der Waals surface area contributed by atoms with Crippen LogP contribution in [-0.2, 0) is 0 Å². The molecule has 0 aliphatic rings. The van der Waals surface area contributed by atoms with E-state index in [2.05, 4.69) is 38.0 Å². The summed E-state index contributed by atoms with van der Waals surface area (Å²) in [7, 11) is 0. The van der Waals surface area contributed by atoms with E-state index in [-0.39, 0.29) is 0 Å². The molecule has 1 aromatic heterocycles. The van der Waals surface area contributed by atoms with Crippen LogP contribution < -0.4 is 5.32 Å². The average Bonchev–Trinajstić information content (AvgIpc) is 2.72. The topological polar surface area (TPSA) is 24.9 Å². The first-order valence-corrected chi connectivity index (χ1v) is 7.73. The zero-order valence-corrected chi connectivity index (χ0v) is 12.4. The number of nitrogens with one attached hydrogen (secondary N) is 1. The van der Waals surface area contributed by atoms with E-state index >= 15 is 0 Å². The first kappa shape index (κ1) is 14.7. The van der Waals surface area contributed by atoms with Crippen LogP contribution in [0.25, 0.3) is 0 Å². The first-order chi connectivity index (χ1) is 8.19. The van der Waals surface area contributed by atoms with Gasteiger partial charge in [0.05, 0.1) is 11.2 Å². The minimum Gasteiger partial charge on any atom is -0.307 e. The van der Waals surface area contributed by atoms with Gasteiger partial charge in [-0.25, -0.2) is 4.98 Å². The van der Waals surface area contributed by atoms with Gasteiger partial charge in [-0.15, -0.1) is 11.3 Å². The van der Waals surface area contributed by atoms with E-state index in [1.807, 2.05) is 5.51 Å². The Balaban J connectivity index is 2.51. The molecule has 1 aromatic rings. The molecular weight excluding hydrogens is 228 g/mol. The number of hydrogen-bond donors (Lipinski definition) is 1. The molecule has 1 heterocycles. The van der Waals surface area contributed by atoms with E-state index in [9.17, 15) is 0 Å². The summed E-state index contributed by atoms with van der Waals surface area (Å²) in [6.45, 7) is 8.89. The molecule has 98 valence electrons. The lowest BCUT2D eigenvalue weighted by molar-refractivity contribution is 0.398. The van der Waals surface area contributed by atoms with Gasteiger partial charge >= 0.3 is 0 Å². The van der Waals surface area contributed by atoms with Gasteiger partial charge in [0.2, 0.25) is 0 Å². The Hall–Kier alpha value is -0.410. The van der Waals surface area contributed by atoms with Crippen molar-refractivity contribution >= 4 is 11.3 Å². The van der Waals surface area contributed by atoms with E-state index in [4.69, 9.17) is 0 Å². The molecule has 0 amide bonds. The van der Waals surface area contributed by atoms with Crippen LogP contribution in [0.5, 0.6) is 0 Å². The number of rotatable bonds is 8. The summed E-state index contributed by atoms with van der Waals surface area (Å²) in [6, 6.07) is 1.10. The molecule has 2 nitrogen and oxygen atoms in total. The predicted octanol–water partition coefficient (Wildman–Crippen LogP) is 4.46. The van der Waals surface area contributed by atoms with Crippen LogP contribution in [0, 0.1) is 6.92 Å². The highest BCUT2D eigenvalue weighted by Gasteiger charge is 2.15. The average molecular weight is 254 g/mol. The minimum absolute atomic E-state index is 0.441. The van der Waals surface area contributed by atoms with E-state index in [0.29, 0.717) is 12.1 Å². The summed E-state index contributed by atoms with van der Waals surface area (Å²) in [5.41, 5.74) is 3.13. The summed E-state index contributed by atoms with van der Waals surface area (Å²) < 4.78 is 0. The van der Waals surface area contributed by atoms with Crippen LogP contribution in [-0.4, -0.2) is 11.0 Å². The second-order valence-corrected chi connectivity index (χ2v) is 5.70. The number of aromatic nitrogens is 1. The molecule has 1 N–H and O–H groups in total. The largest absolute Gasteiger partial charge is 0.307 e. The fourth-order valence-electron chi connectivity index (χ4n) is 2.27. The van der Waals surface area contributed by atoms with Crippen molar-refractivity contribution in [3.63, 3.8) is 0 Å². The lowest BCUT2D eigenvalue weighted by Crippen LogP contribution is -2.31. The molecule has 3 heteroatoms. The Morgan fingerprint density at radius 3 is 2.59 bits per heavy atom. The zero-order valence-electron chi connectivity index (χ0n) is 11.6. The maximum Gasteiger partial charge on any atom is 0.0798 e. The van der Waals surface area contributed by atoms with Crippen LogP contribution in [0.4, 0.5) is 0 Å². The highest BCUT2D eigenvalue weighted by atomic mass is 32.1. The van der Waals surface area contributed by atoms with Gasteiger partial charge in [0.15, 0.2) is 0 Å². The van der Waals surface area contributed by atoms with Gasteiger partial charge in [-0.1, -0.05) is 33.1 Å². The second kappa shape index (κ2) is 7.83. The third-order valence-electron chi connectivity index (χ3n) is 3.20. The summed E-state index contributed by atoms with van der Waals surface area (Å²) in [5.74, 6) is 0. The standard InChI is InChI=1S/C14H26N2S/c1-5-7-9-13(8-6-2)16-12(4)14-11(3)15-10-17-14/h10,12-13,16H,5-9H2,1-4H3. The SMILES string of the molecule is CCCCC(CCC)NC(C)c1scnc1C. The van der Waals surface area contributed by atoms with Gasteiger partial charge in [0.25, 0.3) is 0 Å². The lowest BCUT2D eigenvalue weighted by atomic mass is 10.0. The molecule has 0 saturated carbocycles.